The molecule has 0 saturated carbocycles. The predicted molar refractivity (Wildman–Crippen MR) is 75.8 cm³/mol. The van der Waals surface area contributed by atoms with Crippen LogP contribution in [0.15, 0.2) is 0 Å². The lowest BCUT2D eigenvalue weighted by atomic mass is 9.98. The zero-order valence-corrected chi connectivity index (χ0v) is 12.5. The molecule has 0 spiro atoms. The molecule has 1 atom stereocenters. The van der Waals surface area contributed by atoms with Crippen molar-refractivity contribution in [2.45, 2.75) is 46.6 Å². The maximum absolute atomic E-state index is 12.0. The van der Waals surface area contributed by atoms with E-state index in [1.807, 2.05) is 20.8 Å². The van der Waals surface area contributed by atoms with Gasteiger partial charge in [-0.1, -0.05) is 20.8 Å². The lowest BCUT2D eigenvalue weighted by Crippen LogP contribution is -2.51. The number of carbonyl (C=O) groups is 2. The molecule has 1 rings (SSSR count). The zero-order chi connectivity index (χ0) is 14.4. The van der Waals surface area contributed by atoms with Crippen LogP contribution in [-0.2, 0) is 4.79 Å². The Labute approximate surface area is 116 Å². The van der Waals surface area contributed by atoms with E-state index in [1.165, 1.54) is 0 Å². The molecule has 1 saturated heterocycles. The first kappa shape index (κ1) is 16.0. The van der Waals surface area contributed by atoms with Crippen molar-refractivity contribution in [3.05, 3.63) is 0 Å². The molecule has 1 aliphatic heterocycles. The number of nitrogens with one attached hydrogen (secondary N) is 2. The lowest BCUT2D eigenvalue weighted by molar-refractivity contribution is -0.125. The number of likely N-dealkylation sites (tertiary alicyclic amines) is 1. The molecule has 110 valence electrons. The van der Waals surface area contributed by atoms with Crippen molar-refractivity contribution in [2.75, 3.05) is 19.6 Å². The van der Waals surface area contributed by atoms with Crippen molar-refractivity contribution in [3.8, 4) is 0 Å². The third kappa shape index (κ3) is 5.59. The lowest BCUT2D eigenvalue weighted by Gasteiger charge is -2.33. The van der Waals surface area contributed by atoms with Gasteiger partial charge in [-0.3, -0.25) is 15.0 Å². The van der Waals surface area contributed by atoms with Gasteiger partial charge >= 0.3 is 6.03 Å². The summed E-state index contributed by atoms with van der Waals surface area (Å²) in [7, 11) is 0. The van der Waals surface area contributed by atoms with E-state index in [9.17, 15) is 9.59 Å². The van der Waals surface area contributed by atoms with Crippen LogP contribution in [0.2, 0.25) is 0 Å². The second-order valence-corrected chi connectivity index (χ2v) is 5.99. The molecule has 1 fully saturated rings. The van der Waals surface area contributed by atoms with E-state index < -0.39 is 6.03 Å². The molecule has 3 amide bonds. The smallest absolute Gasteiger partial charge is 0.321 e. The Bertz CT molecular complexity index is 310. The van der Waals surface area contributed by atoms with E-state index in [4.69, 9.17) is 0 Å². The van der Waals surface area contributed by atoms with Gasteiger partial charge in [0.2, 0.25) is 5.91 Å². The summed E-state index contributed by atoms with van der Waals surface area (Å²) in [4.78, 5) is 25.6. The van der Waals surface area contributed by atoms with Crippen LogP contribution in [0.5, 0.6) is 0 Å². The standard InChI is InChI=1S/C14H27N3O2/c1-10(2)9-15-14(19)16-13(18)12(4)17-7-5-11(3)6-8-17/h10-12H,5-9H2,1-4H3,(H2,15,16,18,19). The number of imide groups is 1. The van der Waals surface area contributed by atoms with E-state index in [1.54, 1.807) is 0 Å². The van der Waals surface area contributed by atoms with Crippen molar-refractivity contribution in [1.29, 1.82) is 0 Å². The normalized spacial score (nSPS) is 19.2. The molecular formula is C14H27N3O2. The Morgan fingerprint density at radius 3 is 2.32 bits per heavy atom. The van der Waals surface area contributed by atoms with E-state index in [0.717, 1.165) is 31.8 Å². The van der Waals surface area contributed by atoms with Crippen molar-refractivity contribution < 1.29 is 9.59 Å². The molecule has 2 N–H and O–H groups in total. The van der Waals surface area contributed by atoms with Crippen LogP contribution in [-0.4, -0.2) is 42.5 Å². The number of nitrogens with zero attached hydrogens (tertiary/aromatic N) is 1. The Morgan fingerprint density at radius 2 is 1.79 bits per heavy atom. The van der Waals surface area contributed by atoms with Gasteiger partial charge in [0.1, 0.15) is 0 Å². The first-order chi connectivity index (χ1) is 8.90. The second kappa shape index (κ2) is 7.48. The molecule has 1 heterocycles. The van der Waals surface area contributed by atoms with Crippen molar-refractivity contribution in [3.63, 3.8) is 0 Å². The van der Waals surface area contributed by atoms with Crippen LogP contribution in [0.25, 0.3) is 0 Å². The molecule has 1 unspecified atom stereocenters. The fraction of sp³-hybridized carbons (Fsp3) is 0.857. The summed E-state index contributed by atoms with van der Waals surface area (Å²) in [6.07, 6.45) is 2.24. The van der Waals surface area contributed by atoms with Crippen molar-refractivity contribution >= 4 is 11.9 Å². The molecule has 0 aromatic carbocycles. The van der Waals surface area contributed by atoms with Gasteiger partial charge in [0.25, 0.3) is 0 Å². The maximum atomic E-state index is 12.0. The molecule has 5 nitrogen and oxygen atoms in total. The number of hydrogen-bond donors (Lipinski definition) is 2. The van der Waals surface area contributed by atoms with Gasteiger partial charge in [0.05, 0.1) is 6.04 Å². The zero-order valence-electron chi connectivity index (χ0n) is 12.5. The fourth-order valence-corrected chi connectivity index (χ4v) is 2.14. The van der Waals surface area contributed by atoms with Gasteiger partial charge in [-0.05, 0) is 44.7 Å². The monoisotopic (exact) mass is 269 g/mol. The summed E-state index contributed by atoms with van der Waals surface area (Å²) in [5.74, 6) is 0.901. The van der Waals surface area contributed by atoms with Crippen LogP contribution in [0.3, 0.4) is 0 Å². The minimum absolute atomic E-state index is 0.212. The first-order valence-corrected chi connectivity index (χ1v) is 7.23. The van der Waals surface area contributed by atoms with Gasteiger partial charge in [0.15, 0.2) is 0 Å². The third-order valence-electron chi connectivity index (χ3n) is 3.65. The summed E-state index contributed by atoms with van der Waals surface area (Å²) in [6, 6.07) is -0.631. The Balaban J connectivity index is 2.34. The van der Waals surface area contributed by atoms with Gasteiger partial charge in [-0.25, -0.2) is 4.79 Å². The molecule has 0 aliphatic carbocycles. The molecule has 0 aromatic rings. The van der Waals surface area contributed by atoms with Crippen LogP contribution in [0, 0.1) is 11.8 Å². The van der Waals surface area contributed by atoms with Gasteiger partial charge in [-0.15, -0.1) is 0 Å². The Morgan fingerprint density at radius 1 is 1.21 bits per heavy atom. The molecule has 1 aliphatic rings. The predicted octanol–water partition coefficient (Wildman–Crippen LogP) is 1.59. The summed E-state index contributed by atoms with van der Waals surface area (Å²) >= 11 is 0. The number of amides is 3. The van der Waals surface area contributed by atoms with Gasteiger partial charge in [0, 0.05) is 6.54 Å². The van der Waals surface area contributed by atoms with E-state index in [0.29, 0.717) is 12.5 Å². The Kier molecular flexibility index (Phi) is 6.28. The highest BCUT2D eigenvalue weighted by Gasteiger charge is 2.25. The van der Waals surface area contributed by atoms with Crippen LogP contribution in [0.1, 0.15) is 40.5 Å². The summed E-state index contributed by atoms with van der Waals surface area (Å²) in [5, 5.41) is 5.10. The quantitative estimate of drug-likeness (QED) is 0.814. The van der Waals surface area contributed by atoms with Crippen LogP contribution >= 0.6 is 0 Å². The average molecular weight is 269 g/mol. The minimum Gasteiger partial charge on any atom is -0.338 e. The summed E-state index contributed by atoms with van der Waals surface area (Å²) in [6.45, 7) is 10.6. The molecule has 5 heteroatoms. The van der Waals surface area contributed by atoms with E-state index in [2.05, 4.69) is 22.5 Å². The molecule has 0 aromatic heterocycles. The highest BCUT2D eigenvalue weighted by Crippen LogP contribution is 2.17. The van der Waals surface area contributed by atoms with Crippen molar-refractivity contribution in [2.24, 2.45) is 11.8 Å². The fourth-order valence-electron chi connectivity index (χ4n) is 2.14. The van der Waals surface area contributed by atoms with Gasteiger partial charge in [-0.2, -0.15) is 0 Å². The number of hydrogen-bond acceptors (Lipinski definition) is 3. The number of carbonyl (C=O) groups excluding carboxylic acids is 2. The number of urea groups is 1. The number of piperidine rings is 1. The highest BCUT2D eigenvalue weighted by atomic mass is 16.2. The number of rotatable bonds is 4. The largest absolute Gasteiger partial charge is 0.338 e. The molecule has 0 radical (unpaired) electrons. The van der Waals surface area contributed by atoms with Gasteiger partial charge < -0.3 is 5.32 Å². The van der Waals surface area contributed by atoms with Crippen LogP contribution < -0.4 is 10.6 Å². The third-order valence-corrected chi connectivity index (χ3v) is 3.65. The Hall–Kier alpha value is -1.10. The molecular weight excluding hydrogens is 242 g/mol. The summed E-state index contributed by atoms with van der Waals surface area (Å²) in [5.41, 5.74) is 0. The average Bonchev–Trinajstić information content (AvgIpc) is 2.36. The molecule has 19 heavy (non-hydrogen) atoms. The maximum Gasteiger partial charge on any atom is 0.321 e. The topological polar surface area (TPSA) is 61.4 Å². The first-order valence-electron chi connectivity index (χ1n) is 7.23. The minimum atomic E-state index is -0.393. The molecule has 0 bridgehead atoms. The van der Waals surface area contributed by atoms with E-state index >= 15 is 0 Å². The van der Waals surface area contributed by atoms with Crippen LogP contribution in [0.4, 0.5) is 4.79 Å². The van der Waals surface area contributed by atoms with Crippen molar-refractivity contribution in [1.82, 2.24) is 15.5 Å². The summed E-state index contributed by atoms with van der Waals surface area (Å²) < 4.78 is 0. The second-order valence-electron chi connectivity index (χ2n) is 5.99. The van der Waals surface area contributed by atoms with E-state index in [-0.39, 0.29) is 11.9 Å². The highest BCUT2D eigenvalue weighted by molar-refractivity contribution is 5.96. The SMILES string of the molecule is CC(C)CNC(=O)NC(=O)C(C)N1CCC(C)CC1.